The average molecular weight is 178 g/mol. The normalized spacial score (nSPS) is 7.00. The highest BCUT2D eigenvalue weighted by Gasteiger charge is 2.03. The van der Waals surface area contributed by atoms with Gasteiger partial charge in [0.15, 0.2) is 0 Å². The fourth-order valence-electron chi connectivity index (χ4n) is 0. The zero-order valence-electron chi connectivity index (χ0n) is 9.21. The van der Waals surface area contributed by atoms with E-state index in [2.05, 4.69) is 27.7 Å². The minimum absolute atomic E-state index is 0. The average Bonchev–Trinajstić information content (AvgIpc) is 1.95. The third kappa shape index (κ3) is 90.0. The molecule has 0 saturated heterocycles. The lowest BCUT2D eigenvalue weighted by atomic mass is 9.94. The van der Waals surface area contributed by atoms with E-state index in [9.17, 15) is 0 Å². The van der Waals surface area contributed by atoms with E-state index >= 15 is 0 Å². The van der Waals surface area contributed by atoms with Crippen LogP contribution < -0.4 is 0 Å². The molecule has 0 aromatic rings. The molecular weight excluding hydrogens is 144 g/mol. The van der Waals surface area contributed by atoms with Gasteiger partial charge in [0.25, 0.3) is 0 Å². The molecule has 0 aromatic carbocycles. The molecule has 0 aliphatic rings. The maximum atomic E-state index is 2.24. The van der Waals surface area contributed by atoms with E-state index in [1.54, 1.807) is 0 Å². The summed E-state index contributed by atoms with van der Waals surface area (Å²) in [6.07, 6.45) is 1.27. The Bertz CT molecular complexity index is 29.8. The van der Waals surface area contributed by atoms with Crippen LogP contribution in [0, 0.1) is 5.41 Å². The van der Waals surface area contributed by atoms with Gasteiger partial charge in [-0.1, -0.05) is 76.7 Å². The highest BCUT2D eigenvalue weighted by Crippen LogP contribution is 2.16. The maximum Gasteiger partial charge on any atom is -0.0385 e. The van der Waals surface area contributed by atoms with Crippen LogP contribution in [0.4, 0.5) is 0 Å². The van der Waals surface area contributed by atoms with E-state index in [4.69, 9.17) is 0 Å². The number of hydrogen-bond donors (Lipinski definition) is 0. The minimum Gasteiger partial charge on any atom is -0.0776 e. The van der Waals surface area contributed by atoms with Crippen LogP contribution in [0.5, 0.6) is 0 Å². The first-order chi connectivity index (χ1) is 4.56. The van der Waals surface area contributed by atoms with E-state index < -0.39 is 0 Å². The molecule has 0 N–H and O–H groups in total. The number of hydrogen-bond acceptors (Lipinski definition) is 0. The molecule has 0 aliphatic heterocycles. The molecule has 0 rings (SSSR count). The Morgan fingerprint density at radius 1 is 0.750 bits per heavy atom. The van der Waals surface area contributed by atoms with Crippen LogP contribution >= 0.6 is 0 Å². The van der Waals surface area contributed by atoms with Crippen molar-refractivity contribution >= 4 is 0 Å². The lowest BCUT2D eigenvalue weighted by Gasteiger charge is -2.12. The van der Waals surface area contributed by atoms with Gasteiger partial charge in [-0.05, 0) is 5.41 Å². The molecule has 12 heavy (non-hydrogen) atoms. The SMILES string of the molecule is C.C.CC.CC.CCC(C)(C)C. The summed E-state index contributed by atoms with van der Waals surface area (Å²) in [7, 11) is 0. The second-order valence-electron chi connectivity index (χ2n) is 2.91. The molecule has 0 fully saturated rings. The summed E-state index contributed by atoms with van der Waals surface area (Å²) in [5.74, 6) is 0. The molecule has 82 valence electrons. The fourth-order valence-corrected chi connectivity index (χ4v) is 0. The summed E-state index contributed by atoms with van der Waals surface area (Å²) in [5.41, 5.74) is 0.542. The van der Waals surface area contributed by atoms with Crippen LogP contribution in [0.2, 0.25) is 0 Å². The third-order valence-corrected chi connectivity index (χ3v) is 1.06. The summed E-state index contributed by atoms with van der Waals surface area (Å²) in [6.45, 7) is 16.9. The summed E-state index contributed by atoms with van der Waals surface area (Å²) in [4.78, 5) is 0. The summed E-state index contributed by atoms with van der Waals surface area (Å²) in [5, 5.41) is 0. The van der Waals surface area contributed by atoms with Gasteiger partial charge in [0, 0.05) is 0 Å². The first kappa shape index (κ1) is 29.6. The first-order valence-electron chi connectivity index (χ1n) is 4.56. The molecule has 0 spiro atoms. The second-order valence-corrected chi connectivity index (χ2v) is 2.91. The quantitative estimate of drug-likeness (QED) is 0.442. The van der Waals surface area contributed by atoms with E-state index in [1.807, 2.05) is 27.7 Å². The van der Waals surface area contributed by atoms with Gasteiger partial charge in [-0.15, -0.1) is 0 Å². The molecule has 0 radical (unpaired) electrons. The van der Waals surface area contributed by atoms with Crippen molar-refractivity contribution in [1.29, 1.82) is 0 Å². The molecule has 0 heterocycles. The van der Waals surface area contributed by atoms with Gasteiger partial charge in [0.2, 0.25) is 0 Å². The van der Waals surface area contributed by atoms with Gasteiger partial charge in [-0.2, -0.15) is 0 Å². The molecular formula is C12H34. The lowest BCUT2D eigenvalue weighted by Crippen LogP contribution is -2.00. The zero-order chi connectivity index (χ0) is 9.21. The molecule has 0 atom stereocenters. The van der Waals surface area contributed by atoms with E-state index in [-0.39, 0.29) is 14.9 Å². The molecule has 0 nitrogen and oxygen atoms in total. The zero-order valence-corrected chi connectivity index (χ0v) is 9.21. The Labute approximate surface area is 82.8 Å². The predicted octanol–water partition coefficient (Wildman–Crippen LogP) is 5.77. The van der Waals surface area contributed by atoms with Crippen molar-refractivity contribution in [3.63, 3.8) is 0 Å². The molecule has 0 saturated carbocycles. The first-order valence-corrected chi connectivity index (χ1v) is 4.56. The Hall–Kier alpha value is 0. The topological polar surface area (TPSA) is 0 Å². The molecule has 0 unspecified atom stereocenters. The van der Waals surface area contributed by atoms with Crippen LogP contribution in [-0.2, 0) is 0 Å². The van der Waals surface area contributed by atoms with E-state index in [1.165, 1.54) is 6.42 Å². The van der Waals surface area contributed by atoms with Crippen molar-refractivity contribution in [3.05, 3.63) is 0 Å². The Kier molecular flexibility index (Phi) is 55.4. The fraction of sp³-hybridized carbons (Fsp3) is 1.00. The van der Waals surface area contributed by atoms with Crippen LogP contribution in [0.3, 0.4) is 0 Å². The summed E-state index contributed by atoms with van der Waals surface area (Å²) >= 11 is 0. The summed E-state index contributed by atoms with van der Waals surface area (Å²) < 4.78 is 0. The third-order valence-electron chi connectivity index (χ3n) is 1.06. The highest BCUT2D eigenvalue weighted by molar-refractivity contribution is 4.55. The van der Waals surface area contributed by atoms with Crippen molar-refractivity contribution in [3.8, 4) is 0 Å². The molecule has 0 heteroatoms. The second kappa shape index (κ2) is 22.4. The molecule has 0 aliphatic carbocycles. The van der Waals surface area contributed by atoms with Gasteiger partial charge >= 0.3 is 0 Å². The largest absolute Gasteiger partial charge is 0.0776 e. The minimum atomic E-state index is 0. The van der Waals surface area contributed by atoms with Crippen molar-refractivity contribution in [1.82, 2.24) is 0 Å². The Morgan fingerprint density at radius 3 is 0.833 bits per heavy atom. The van der Waals surface area contributed by atoms with Crippen molar-refractivity contribution in [2.75, 3.05) is 0 Å². The molecule has 0 bridgehead atoms. The van der Waals surface area contributed by atoms with Gasteiger partial charge in [-0.3, -0.25) is 0 Å². The van der Waals surface area contributed by atoms with Gasteiger partial charge in [-0.25, -0.2) is 0 Å². The van der Waals surface area contributed by atoms with Crippen LogP contribution in [0.25, 0.3) is 0 Å². The molecule has 0 aromatic heterocycles. The molecule has 0 amide bonds. The van der Waals surface area contributed by atoms with Crippen molar-refractivity contribution in [2.45, 2.75) is 76.7 Å². The maximum absolute atomic E-state index is 2.24. The lowest BCUT2D eigenvalue weighted by molar-refractivity contribution is 0.398. The van der Waals surface area contributed by atoms with Crippen molar-refractivity contribution < 1.29 is 0 Å². The van der Waals surface area contributed by atoms with Gasteiger partial charge in [0.05, 0.1) is 0 Å². The Balaban J connectivity index is -0.0000000241. The number of rotatable bonds is 0. The predicted molar refractivity (Wildman–Crippen MR) is 65.9 cm³/mol. The van der Waals surface area contributed by atoms with Crippen LogP contribution in [0.15, 0.2) is 0 Å². The van der Waals surface area contributed by atoms with Crippen molar-refractivity contribution in [2.24, 2.45) is 5.41 Å². The standard InChI is InChI=1S/C6H14.2C2H6.2CH4/c1-5-6(2,3)4;2*1-2;;/h5H2,1-4H3;2*1-2H3;2*1H4. The Morgan fingerprint density at radius 2 is 0.833 bits per heavy atom. The highest BCUT2D eigenvalue weighted by atomic mass is 14.1. The van der Waals surface area contributed by atoms with E-state index in [0.717, 1.165) is 0 Å². The van der Waals surface area contributed by atoms with E-state index in [0.29, 0.717) is 5.41 Å². The van der Waals surface area contributed by atoms with Gasteiger partial charge < -0.3 is 0 Å². The van der Waals surface area contributed by atoms with Crippen LogP contribution in [0.1, 0.15) is 76.7 Å². The monoisotopic (exact) mass is 178 g/mol. The smallest absolute Gasteiger partial charge is 0.0385 e. The van der Waals surface area contributed by atoms with Crippen LogP contribution in [-0.4, -0.2) is 0 Å². The van der Waals surface area contributed by atoms with Gasteiger partial charge in [0.1, 0.15) is 0 Å². The summed E-state index contributed by atoms with van der Waals surface area (Å²) in [6, 6.07) is 0.